The number of aromatic nitrogens is 1. The Bertz CT molecular complexity index is 571. The van der Waals surface area contributed by atoms with Gasteiger partial charge in [-0.1, -0.05) is 18.2 Å². The highest BCUT2D eigenvalue weighted by Gasteiger charge is 2.13. The number of benzene rings is 1. The van der Waals surface area contributed by atoms with E-state index in [-0.39, 0.29) is 17.6 Å². The van der Waals surface area contributed by atoms with Gasteiger partial charge in [0, 0.05) is 10.9 Å². The molecule has 6 heteroatoms. The van der Waals surface area contributed by atoms with Crippen molar-refractivity contribution in [2.75, 3.05) is 5.32 Å². The molecule has 2 N–H and O–H groups in total. The van der Waals surface area contributed by atoms with Crippen LogP contribution in [0.3, 0.4) is 0 Å². The van der Waals surface area contributed by atoms with Gasteiger partial charge in [-0.3, -0.25) is 0 Å². The fraction of sp³-hybridized carbons (Fsp3) is 0.167. The zero-order valence-electron chi connectivity index (χ0n) is 9.55. The molecule has 0 aliphatic rings. The van der Waals surface area contributed by atoms with Gasteiger partial charge in [-0.05, 0) is 13.0 Å². The Morgan fingerprint density at radius 2 is 2.22 bits per heavy atom. The summed E-state index contributed by atoms with van der Waals surface area (Å²) in [7, 11) is 0. The van der Waals surface area contributed by atoms with Crippen molar-refractivity contribution in [3.8, 4) is 0 Å². The molecular formula is C12H11FN2O2S. The molecule has 0 fully saturated rings. The van der Waals surface area contributed by atoms with Crippen molar-refractivity contribution in [1.29, 1.82) is 0 Å². The lowest BCUT2D eigenvalue weighted by Gasteiger charge is -2.13. The molecule has 0 aliphatic carbocycles. The van der Waals surface area contributed by atoms with Crippen LogP contribution in [0, 0.1) is 5.82 Å². The highest BCUT2D eigenvalue weighted by atomic mass is 32.1. The number of halogens is 1. The van der Waals surface area contributed by atoms with E-state index in [1.807, 2.05) is 0 Å². The van der Waals surface area contributed by atoms with Crippen LogP contribution in [-0.2, 0) is 0 Å². The predicted molar refractivity (Wildman–Crippen MR) is 67.5 cm³/mol. The normalized spacial score (nSPS) is 12.1. The lowest BCUT2D eigenvalue weighted by molar-refractivity contribution is 0.0691. The molecule has 0 radical (unpaired) electrons. The molecule has 1 atom stereocenters. The van der Waals surface area contributed by atoms with E-state index in [2.05, 4.69) is 10.3 Å². The molecule has 1 aromatic carbocycles. The van der Waals surface area contributed by atoms with Gasteiger partial charge >= 0.3 is 5.97 Å². The molecule has 2 aromatic rings. The molecule has 0 spiro atoms. The first-order chi connectivity index (χ1) is 8.58. The van der Waals surface area contributed by atoms with Crippen molar-refractivity contribution in [2.24, 2.45) is 0 Å². The van der Waals surface area contributed by atoms with Crippen molar-refractivity contribution in [3.63, 3.8) is 0 Å². The van der Waals surface area contributed by atoms with Gasteiger partial charge in [-0.2, -0.15) is 0 Å². The molecule has 1 unspecified atom stereocenters. The first-order valence-electron chi connectivity index (χ1n) is 5.27. The Hall–Kier alpha value is -1.95. The van der Waals surface area contributed by atoms with Crippen molar-refractivity contribution in [1.82, 2.24) is 4.98 Å². The molecule has 2 rings (SSSR count). The molecule has 0 aliphatic heterocycles. The number of hydrogen-bond acceptors (Lipinski definition) is 4. The smallest absolute Gasteiger partial charge is 0.355 e. The second-order valence-electron chi connectivity index (χ2n) is 3.73. The minimum atomic E-state index is -1.07. The SMILES string of the molecule is CC(Nc1nc(C(=O)O)cs1)c1ccccc1F. The van der Waals surface area contributed by atoms with Crippen LogP contribution in [0.5, 0.6) is 0 Å². The van der Waals surface area contributed by atoms with Crippen LogP contribution in [-0.4, -0.2) is 16.1 Å². The first-order valence-corrected chi connectivity index (χ1v) is 6.15. The van der Waals surface area contributed by atoms with Crippen molar-refractivity contribution >= 4 is 22.4 Å². The van der Waals surface area contributed by atoms with Crippen LogP contribution in [0.4, 0.5) is 9.52 Å². The van der Waals surface area contributed by atoms with Crippen LogP contribution in [0.25, 0.3) is 0 Å². The quantitative estimate of drug-likeness (QED) is 0.892. The van der Waals surface area contributed by atoms with E-state index in [9.17, 15) is 9.18 Å². The van der Waals surface area contributed by atoms with Gasteiger partial charge in [0.15, 0.2) is 10.8 Å². The van der Waals surface area contributed by atoms with Crippen LogP contribution in [0.15, 0.2) is 29.6 Å². The lowest BCUT2D eigenvalue weighted by atomic mass is 10.1. The molecule has 0 amide bonds. The van der Waals surface area contributed by atoms with E-state index in [0.717, 1.165) is 0 Å². The first kappa shape index (κ1) is 12.5. The summed E-state index contributed by atoms with van der Waals surface area (Å²) in [6.45, 7) is 1.79. The fourth-order valence-corrected chi connectivity index (χ4v) is 2.30. The second-order valence-corrected chi connectivity index (χ2v) is 4.59. The third-order valence-corrected chi connectivity index (χ3v) is 3.21. The van der Waals surface area contributed by atoms with Crippen molar-refractivity contribution in [2.45, 2.75) is 13.0 Å². The molecule has 0 saturated heterocycles. The Kier molecular flexibility index (Phi) is 3.57. The number of rotatable bonds is 4. The lowest BCUT2D eigenvalue weighted by Crippen LogP contribution is -2.08. The summed E-state index contributed by atoms with van der Waals surface area (Å²) < 4.78 is 13.5. The number of thiazole rings is 1. The van der Waals surface area contributed by atoms with Gasteiger partial charge in [-0.25, -0.2) is 14.2 Å². The Balaban J connectivity index is 2.13. The Labute approximate surface area is 107 Å². The second kappa shape index (κ2) is 5.14. The molecular weight excluding hydrogens is 255 g/mol. The molecule has 1 heterocycles. The van der Waals surface area contributed by atoms with Gasteiger partial charge in [0.1, 0.15) is 5.82 Å². The standard InChI is InChI=1S/C12H11FN2O2S/c1-7(8-4-2-3-5-9(8)13)14-12-15-10(6-18-12)11(16)17/h2-7H,1H3,(H,14,15)(H,16,17). The minimum absolute atomic E-state index is 0.0109. The molecule has 0 bridgehead atoms. The fourth-order valence-electron chi connectivity index (χ4n) is 1.53. The van der Waals surface area contributed by atoms with Crippen LogP contribution in [0.2, 0.25) is 0 Å². The van der Waals surface area contributed by atoms with E-state index >= 15 is 0 Å². The van der Waals surface area contributed by atoms with Crippen molar-refractivity contribution in [3.05, 3.63) is 46.7 Å². The van der Waals surface area contributed by atoms with Gasteiger partial charge in [0.05, 0.1) is 6.04 Å². The molecule has 1 aromatic heterocycles. The van der Waals surface area contributed by atoms with Gasteiger partial charge in [0.25, 0.3) is 0 Å². The zero-order valence-corrected chi connectivity index (χ0v) is 10.4. The summed E-state index contributed by atoms with van der Waals surface area (Å²) in [6, 6.07) is 6.16. The van der Waals surface area contributed by atoms with Crippen LogP contribution >= 0.6 is 11.3 Å². The third kappa shape index (κ3) is 2.65. The van der Waals surface area contributed by atoms with Crippen LogP contribution < -0.4 is 5.32 Å². The number of carboxylic acid groups (broad SMARTS) is 1. The topological polar surface area (TPSA) is 62.2 Å². The largest absolute Gasteiger partial charge is 0.476 e. The van der Waals surface area contributed by atoms with E-state index in [4.69, 9.17) is 5.11 Å². The average Bonchev–Trinajstić information content (AvgIpc) is 2.78. The molecule has 18 heavy (non-hydrogen) atoms. The number of hydrogen-bond donors (Lipinski definition) is 2. The number of nitrogens with zero attached hydrogens (tertiary/aromatic N) is 1. The third-order valence-electron chi connectivity index (χ3n) is 2.44. The highest BCUT2D eigenvalue weighted by molar-refractivity contribution is 7.13. The molecule has 94 valence electrons. The number of anilines is 1. The summed E-state index contributed by atoms with van der Waals surface area (Å²) in [4.78, 5) is 14.6. The van der Waals surface area contributed by atoms with Gasteiger partial charge in [-0.15, -0.1) is 11.3 Å². The maximum absolute atomic E-state index is 13.5. The monoisotopic (exact) mass is 266 g/mol. The van der Waals surface area contributed by atoms with E-state index in [1.54, 1.807) is 25.1 Å². The Morgan fingerprint density at radius 1 is 1.50 bits per heavy atom. The van der Waals surface area contributed by atoms with E-state index in [1.165, 1.54) is 22.8 Å². The van der Waals surface area contributed by atoms with Crippen molar-refractivity contribution < 1.29 is 14.3 Å². The predicted octanol–water partition coefficient (Wildman–Crippen LogP) is 3.15. The Morgan fingerprint density at radius 3 is 2.83 bits per heavy atom. The van der Waals surface area contributed by atoms with E-state index in [0.29, 0.717) is 10.7 Å². The summed E-state index contributed by atoms with van der Waals surface area (Å²) in [5.41, 5.74) is 0.507. The van der Waals surface area contributed by atoms with Crippen LogP contribution in [0.1, 0.15) is 29.0 Å². The molecule has 0 saturated carbocycles. The maximum atomic E-state index is 13.5. The van der Waals surface area contributed by atoms with Gasteiger partial charge < -0.3 is 10.4 Å². The van der Waals surface area contributed by atoms with E-state index < -0.39 is 5.97 Å². The average molecular weight is 266 g/mol. The molecule has 4 nitrogen and oxygen atoms in total. The summed E-state index contributed by atoms with van der Waals surface area (Å²) in [5.74, 6) is -1.37. The summed E-state index contributed by atoms with van der Waals surface area (Å²) in [5, 5.41) is 13.6. The number of carbonyl (C=O) groups is 1. The maximum Gasteiger partial charge on any atom is 0.355 e. The summed E-state index contributed by atoms with van der Waals surface area (Å²) >= 11 is 1.18. The number of nitrogens with one attached hydrogen (secondary N) is 1. The number of aromatic carboxylic acids is 1. The number of carboxylic acids is 1. The minimum Gasteiger partial charge on any atom is -0.476 e. The van der Waals surface area contributed by atoms with Gasteiger partial charge in [0.2, 0.25) is 0 Å². The summed E-state index contributed by atoms with van der Waals surface area (Å²) in [6.07, 6.45) is 0. The highest BCUT2D eigenvalue weighted by Crippen LogP contribution is 2.23. The zero-order chi connectivity index (χ0) is 13.1.